The molecule has 1 fully saturated rings. The summed E-state index contributed by atoms with van der Waals surface area (Å²) in [4.78, 5) is 0. The molecule has 25 heavy (non-hydrogen) atoms. The second kappa shape index (κ2) is 11.0. The van der Waals surface area contributed by atoms with Crippen LogP contribution in [0, 0.1) is 5.41 Å². The minimum atomic E-state index is 0.629. The summed E-state index contributed by atoms with van der Waals surface area (Å²) in [6, 6.07) is 9.69. The van der Waals surface area contributed by atoms with E-state index >= 15 is 0 Å². The fourth-order valence-electron chi connectivity index (χ4n) is 4.59. The molecule has 0 aliphatic heterocycles. The Balaban J connectivity index is 1.73. The summed E-state index contributed by atoms with van der Waals surface area (Å²) in [6.07, 6.45) is 19.5. The average Bonchev–Trinajstić information content (AvgIpc) is 2.63. The van der Waals surface area contributed by atoms with Crippen LogP contribution in [0.25, 0.3) is 0 Å². The van der Waals surface area contributed by atoms with Crippen molar-refractivity contribution >= 4 is 0 Å². The van der Waals surface area contributed by atoms with Crippen LogP contribution in [0.15, 0.2) is 24.3 Å². The highest BCUT2D eigenvalue weighted by Gasteiger charge is 2.30. The van der Waals surface area contributed by atoms with Crippen LogP contribution < -0.4 is 0 Å². The average molecular weight is 343 g/mol. The molecule has 0 heterocycles. The van der Waals surface area contributed by atoms with Crippen molar-refractivity contribution < 1.29 is 0 Å². The third-order valence-corrected chi connectivity index (χ3v) is 6.60. The first-order chi connectivity index (χ1) is 12.2. The summed E-state index contributed by atoms with van der Waals surface area (Å²) in [6.45, 7) is 7.15. The number of rotatable bonds is 11. The van der Waals surface area contributed by atoms with Crippen molar-refractivity contribution in [1.29, 1.82) is 0 Å². The number of unbranched alkanes of at least 4 members (excludes halogenated alkanes) is 6. The molecule has 142 valence electrons. The molecule has 2 rings (SSSR count). The van der Waals surface area contributed by atoms with Crippen LogP contribution in [0.3, 0.4) is 0 Å². The highest BCUT2D eigenvalue weighted by Crippen LogP contribution is 2.45. The highest BCUT2D eigenvalue weighted by atomic mass is 14.4. The molecule has 1 aromatic carbocycles. The van der Waals surface area contributed by atoms with Crippen molar-refractivity contribution in [3.05, 3.63) is 35.4 Å². The molecular weight excluding hydrogens is 300 g/mol. The lowest BCUT2D eigenvalue weighted by atomic mass is 9.68. The van der Waals surface area contributed by atoms with Crippen molar-refractivity contribution in [1.82, 2.24) is 0 Å². The Morgan fingerprint density at radius 1 is 0.800 bits per heavy atom. The first-order valence-electron chi connectivity index (χ1n) is 11.3. The van der Waals surface area contributed by atoms with Crippen LogP contribution in [0.2, 0.25) is 0 Å². The molecule has 1 aliphatic carbocycles. The molecule has 0 saturated heterocycles. The number of benzene rings is 1. The molecule has 1 aromatic rings. The zero-order chi connectivity index (χ0) is 18.0. The maximum absolute atomic E-state index is 2.54. The zero-order valence-electron chi connectivity index (χ0n) is 17.3. The van der Waals surface area contributed by atoms with Crippen molar-refractivity contribution in [2.75, 3.05) is 0 Å². The van der Waals surface area contributed by atoms with Gasteiger partial charge in [0.1, 0.15) is 0 Å². The Morgan fingerprint density at radius 2 is 1.40 bits per heavy atom. The Labute approximate surface area is 157 Å². The molecule has 0 nitrogen and oxygen atoms in total. The molecule has 0 unspecified atom stereocenters. The smallest absolute Gasteiger partial charge is 0.0162 e. The lowest BCUT2D eigenvalue weighted by Crippen LogP contribution is -2.23. The fraction of sp³-hybridized carbons (Fsp3) is 0.760. The third-order valence-electron chi connectivity index (χ3n) is 6.60. The molecule has 0 radical (unpaired) electrons. The topological polar surface area (TPSA) is 0 Å². The van der Waals surface area contributed by atoms with E-state index in [-0.39, 0.29) is 0 Å². The van der Waals surface area contributed by atoms with Gasteiger partial charge < -0.3 is 0 Å². The van der Waals surface area contributed by atoms with Crippen LogP contribution in [0.5, 0.6) is 0 Å². The Bertz CT molecular complexity index is 447. The minimum Gasteiger partial charge on any atom is -0.0654 e. The lowest BCUT2D eigenvalue weighted by Gasteiger charge is -2.38. The molecule has 0 atom stereocenters. The van der Waals surface area contributed by atoms with Crippen molar-refractivity contribution in [3.63, 3.8) is 0 Å². The highest BCUT2D eigenvalue weighted by molar-refractivity contribution is 5.26. The van der Waals surface area contributed by atoms with Gasteiger partial charge in [-0.15, -0.1) is 0 Å². The van der Waals surface area contributed by atoms with Crippen LogP contribution in [0.1, 0.15) is 121 Å². The molecule has 0 amide bonds. The first-order valence-corrected chi connectivity index (χ1v) is 11.3. The molecule has 0 spiro atoms. The van der Waals surface area contributed by atoms with Gasteiger partial charge in [-0.1, -0.05) is 90.0 Å². The van der Waals surface area contributed by atoms with Gasteiger partial charge in [0.2, 0.25) is 0 Å². The quantitative estimate of drug-likeness (QED) is 0.354. The molecule has 1 aliphatic rings. The number of hydrogen-bond donors (Lipinski definition) is 0. The van der Waals surface area contributed by atoms with Gasteiger partial charge in [0.25, 0.3) is 0 Å². The van der Waals surface area contributed by atoms with E-state index in [0.717, 1.165) is 5.92 Å². The van der Waals surface area contributed by atoms with Gasteiger partial charge in [-0.3, -0.25) is 0 Å². The second-order valence-electron chi connectivity index (χ2n) is 8.95. The molecule has 0 heteroatoms. The largest absolute Gasteiger partial charge is 0.0654 e. The van der Waals surface area contributed by atoms with Crippen LogP contribution in [0.4, 0.5) is 0 Å². The van der Waals surface area contributed by atoms with Crippen molar-refractivity contribution in [3.8, 4) is 0 Å². The van der Waals surface area contributed by atoms with Gasteiger partial charge in [-0.25, -0.2) is 0 Å². The molecular formula is C25H42. The van der Waals surface area contributed by atoms with Crippen molar-refractivity contribution in [2.45, 2.75) is 117 Å². The van der Waals surface area contributed by atoms with E-state index in [2.05, 4.69) is 45.0 Å². The van der Waals surface area contributed by atoms with E-state index in [1.165, 1.54) is 89.9 Å². The van der Waals surface area contributed by atoms with Gasteiger partial charge in [0.15, 0.2) is 0 Å². The van der Waals surface area contributed by atoms with E-state index in [4.69, 9.17) is 0 Å². The van der Waals surface area contributed by atoms with E-state index in [1.807, 2.05) is 0 Å². The van der Waals surface area contributed by atoms with Crippen LogP contribution in [-0.4, -0.2) is 0 Å². The maximum atomic E-state index is 2.54. The van der Waals surface area contributed by atoms with Crippen LogP contribution >= 0.6 is 0 Å². The SMILES string of the molecule is CCCCCCCc1ccc(C2CCC(C)(CCCCC)CC2)cc1. The van der Waals surface area contributed by atoms with Gasteiger partial charge in [-0.05, 0) is 67.4 Å². The Morgan fingerprint density at radius 3 is 2.04 bits per heavy atom. The van der Waals surface area contributed by atoms with Crippen LogP contribution in [-0.2, 0) is 6.42 Å². The summed E-state index contributed by atoms with van der Waals surface area (Å²) in [5, 5.41) is 0. The van der Waals surface area contributed by atoms with Gasteiger partial charge in [0, 0.05) is 0 Å². The van der Waals surface area contributed by atoms with Gasteiger partial charge >= 0.3 is 0 Å². The Kier molecular flexibility index (Phi) is 9.07. The molecule has 0 bridgehead atoms. The summed E-state index contributed by atoms with van der Waals surface area (Å²) in [5.74, 6) is 0.817. The van der Waals surface area contributed by atoms with Crippen molar-refractivity contribution in [2.24, 2.45) is 5.41 Å². The monoisotopic (exact) mass is 342 g/mol. The maximum Gasteiger partial charge on any atom is -0.0162 e. The van der Waals surface area contributed by atoms with Gasteiger partial charge in [0.05, 0.1) is 0 Å². The summed E-state index contributed by atoms with van der Waals surface area (Å²) in [7, 11) is 0. The fourth-order valence-corrected chi connectivity index (χ4v) is 4.59. The number of hydrogen-bond acceptors (Lipinski definition) is 0. The lowest BCUT2D eigenvalue weighted by molar-refractivity contribution is 0.178. The van der Waals surface area contributed by atoms with E-state index in [1.54, 1.807) is 11.1 Å². The predicted molar refractivity (Wildman–Crippen MR) is 112 cm³/mol. The first kappa shape index (κ1) is 20.5. The standard InChI is InChI=1S/C25H42/c1-4-6-8-9-10-12-22-13-15-23(16-14-22)24-17-20-25(3,21-18-24)19-11-7-5-2/h13-16,24H,4-12,17-21H2,1-3H3. The third kappa shape index (κ3) is 7.16. The summed E-state index contributed by atoms with van der Waals surface area (Å²) >= 11 is 0. The number of aryl methyl sites for hydroxylation is 1. The molecule has 0 aromatic heterocycles. The Hall–Kier alpha value is -0.780. The van der Waals surface area contributed by atoms with E-state index in [0.29, 0.717) is 5.41 Å². The summed E-state index contributed by atoms with van der Waals surface area (Å²) in [5.41, 5.74) is 3.77. The summed E-state index contributed by atoms with van der Waals surface area (Å²) < 4.78 is 0. The molecule has 0 N–H and O–H groups in total. The molecule has 1 saturated carbocycles. The normalized spacial score (nSPS) is 23.7. The predicted octanol–water partition coefficient (Wildman–Crippen LogP) is 8.44. The van der Waals surface area contributed by atoms with E-state index in [9.17, 15) is 0 Å². The van der Waals surface area contributed by atoms with Gasteiger partial charge in [-0.2, -0.15) is 0 Å². The van der Waals surface area contributed by atoms with E-state index < -0.39 is 0 Å². The zero-order valence-corrected chi connectivity index (χ0v) is 17.3. The second-order valence-corrected chi connectivity index (χ2v) is 8.95. The minimum absolute atomic E-state index is 0.629.